The molecule has 2 aromatic carbocycles. The van der Waals surface area contributed by atoms with Crippen LogP contribution in [0.3, 0.4) is 0 Å². The van der Waals surface area contributed by atoms with E-state index >= 15 is 0 Å². The van der Waals surface area contributed by atoms with Gasteiger partial charge in [-0.1, -0.05) is 54.1 Å². The largest absolute Gasteiger partial charge is 0.233 e. The zero-order valence-corrected chi connectivity index (χ0v) is 14.4. The highest BCUT2D eigenvalue weighted by atomic mass is 32.2. The quantitative estimate of drug-likeness (QED) is 0.785. The Morgan fingerprint density at radius 3 is 2.48 bits per heavy atom. The van der Waals surface area contributed by atoms with Crippen molar-refractivity contribution in [3.8, 4) is 0 Å². The van der Waals surface area contributed by atoms with E-state index in [0.717, 1.165) is 18.4 Å². The molecule has 0 spiro atoms. The second-order valence-corrected chi connectivity index (χ2v) is 7.34. The molecule has 0 saturated carbocycles. The maximum atomic E-state index is 11.9. The van der Waals surface area contributed by atoms with Crippen LogP contribution < -0.4 is 4.72 Å². The SMILES string of the molecule is Cc1ccc(CCCNS(=O)(=O)/C=C/c2ccccc2)c(C)c1. The minimum atomic E-state index is -3.38. The molecular formula is C19H23NO2S. The van der Waals surface area contributed by atoms with Gasteiger partial charge in [0, 0.05) is 12.0 Å². The van der Waals surface area contributed by atoms with Gasteiger partial charge in [-0.15, -0.1) is 0 Å². The molecule has 0 fully saturated rings. The van der Waals surface area contributed by atoms with E-state index in [1.54, 1.807) is 6.08 Å². The van der Waals surface area contributed by atoms with Crippen LogP contribution in [0.15, 0.2) is 53.9 Å². The van der Waals surface area contributed by atoms with Crippen molar-refractivity contribution in [1.82, 2.24) is 4.72 Å². The lowest BCUT2D eigenvalue weighted by atomic mass is 10.0. The van der Waals surface area contributed by atoms with Crippen molar-refractivity contribution in [3.63, 3.8) is 0 Å². The summed E-state index contributed by atoms with van der Waals surface area (Å²) in [5.74, 6) is 0. The highest BCUT2D eigenvalue weighted by Gasteiger charge is 2.05. The molecule has 2 aromatic rings. The van der Waals surface area contributed by atoms with E-state index in [1.807, 2.05) is 30.3 Å². The highest BCUT2D eigenvalue weighted by molar-refractivity contribution is 7.92. The molecule has 0 bridgehead atoms. The van der Waals surface area contributed by atoms with Gasteiger partial charge >= 0.3 is 0 Å². The minimum absolute atomic E-state index is 0.439. The molecule has 0 amide bonds. The van der Waals surface area contributed by atoms with Crippen LogP contribution in [0.5, 0.6) is 0 Å². The molecule has 1 N–H and O–H groups in total. The number of rotatable bonds is 7. The number of nitrogens with one attached hydrogen (secondary N) is 1. The smallest absolute Gasteiger partial charge is 0.212 e. The standard InChI is InChI=1S/C19H23NO2S/c1-16-10-11-19(17(2)15-16)9-6-13-20-23(21,22)14-12-18-7-4-3-5-8-18/h3-5,7-8,10-12,14-15,20H,6,9,13H2,1-2H3/b14-12+. The van der Waals surface area contributed by atoms with Crippen molar-refractivity contribution in [1.29, 1.82) is 0 Å². The average Bonchev–Trinajstić information content (AvgIpc) is 2.52. The summed E-state index contributed by atoms with van der Waals surface area (Å²) in [5.41, 5.74) is 4.65. The Kier molecular flexibility index (Phi) is 6.13. The first-order valence-electron chi connectivity index (χ1n) is 7.75. The molecule has 3 nitrogen and oxygen atoms in total. The van der Waals surface area contributed by atoms with Crippen LogP contribution in [0, 0.1) is 13.8 Å². The Labute approximate surface area is 139 Å². The maximum absolute atomic E-state index is 11.9. The van der Waals surface area contributed by atoms with Gasteiger partial charge in [0.05, 0.1) is 0 Å². The summed E-state index contributed by atoms with van der Waals surface area (Å²) in [7, 11) is -3.38. The Morgan fingerprint density at radius 2 is 1.78 bits per heavy atom. The molecule has 0 aliphatic heterocycles. The molecule has 0 aliphatic rings. The first-order chi connectivity index (χ1) is 11.0. The molecule has 23 heavy (non-hydrogen) atoms. The Balaban J connectivity index is 1.82. The van der Waals surface area contributed by atoms with E-state index in [0.29, 0.717) is 6.54 Å². The monoisotopic (exact) mass is 329 g/mol. The molecule has 0 heterocycles. The second-order valence-electron chi connectivity index (χ2n) is 5.69. The van der Waals surface area contributed by atoms with Crippen LogP contribution in [0.4, 0.5) is 0 Å². The van der Waals surface area contributed by atoms with E-state index in [-0.39, 0.29) is 0 Å². The van der Waals surface area contributed by atoms with Gasteiger partial charge in [-0.05, 0) is 49.5 Å². The Morgan fingerprint density at radius 1 is 1.04 bits per heavy atom. The lowest BCUT2D eigenvalue weighted by molar-refractivity contribution is 0.588. The summed E-state index contributed by atoms with van der Waals surface area (Å²) in [5, 5.41) is 1.22. The van der Waals surface area contributed by atoms with Gasteiger partial charge in [0.2, 0.25) is 10.0 Å². The summed E-state index contributed by atoms with van der Waals surface area (Å²) in [6, 6.07) is 15.8. The van der Waals surface area contributed by atoms with E-state index in [4.69, 9.17) is 0 Å². The second kappa shape index (κ2) is 8.09. The summed E-state index contributed by atoms with van der Waals surface area (Å²) in [4.78, 5) is 0. The molecule has 4 heteroatoms. The van der Waals surface area contributed by atoms with Gasteiger partial charge < -0.3 is 0 Å². The fourth-order valence-electron chi connectivity index (χ4n) is 2.40. The van der Waals surface area contributed by atoms with Crippen LogP contribution >= 0.6 is 0 Å². The van der Waals surface area contributed by atoms with Crippen LogP contribution in [-0.2, 0) is 16.4 Å². The molecule has 0 atom stereocenters. The van der Waals surface area contributed by atoms with Gasteiger partial charge in [0.15, 0.2) is 0 Å². The van der Waals surface area contributed by atoms with Gasteiger partial charge in [0.25, 0.3) is 0 Å². The first-order valence-corrected chi connectivity index (χ1v) is 9.30. The normalized spacial score (nSPS) is 11.9. The predicted octanol–water partition coefficient (Wildman–Crippen LogP) is 3.83. The number of hydrogen-bond acceptors (Lipinski definition) is 2. The van der Waals surface area contributed by atoms with Crippen molar-refractivity contribution in [2.24, 2.45) is 0 Å². The maximum Gasteiger partial charge on any atom is 0.233 e. The third kappa shape index (κ3) is 6.00. The van der Waals surface area contributed by atoms with Crippen molar-refractivity contribution >= 4 is 16.1 Å². The zero-order valence-electron chi connectivity index (χ0n) is 13.6. The summed E-state index contributed by atoms with van der Waals surface area (Å²) in [6.45, 7) is 4.61. The number of aryl methyl sites for hydroxylation is 3. The molecule has 0 radical (unpaired) electrons. The average molecular weight is 329 g/mol. The predicted molar refractivity (Wildman–Crippen MR) is 96.6 cm³/mol. The van der Waals surface area contributed by atoms with Crippen molar-refractivity contribution in [3.05, 3.63) is 76.2 Å². The van der Waals surface area contributed by atoms with Gasteiger partial charge in [-0.25, -0.2) is 13.1 Å². The van der Waals surface area contributed by atoms with Crippen LogP contribution in [0.1, 0.15) is 28.7 Å². The topological polar surface area (TPSA) is 46.2 Å². The third-order valence-electron chi connectivity index (χ3n) is 3.66. The van der Waals surface area contributed by atoms with Gasteiger partial charge in [-0.3, -0.25) is 0 Å². The Hall–Kier alpha value is -1.91. The summed E-state index contributed by atoms with van der Waals surface area (Å²) < 4.78 is 26.5. The molecule has 0 saturated heterocycles. The summed E-state index contributed by atoms with van der Waals surface area (Å²) >= 11 is 0. The molecular weight excluding hydrogens is 306 g/mol. The minimum Gasteiger partial charge on any atom is -0.212 e. The van der Waals surface area contributed by atoms with E-state index in [2.05, 4.69) is 36.8 Å². The van der Waals surface area contributed by atoms with Crippen molar-refractivity contribution in [2.75, 3.05) is 6.54 Å². The highest BCUT2D eigenvalue weighted by Crippen LogP contribution is 2.12. The van der Waals surface area contributed by atoms with Crippen molar-refractivity contribution in [2.45, 2.75) is 26.7 Å². The number of sulfonamides is 1. The van der Waals surface area contributed by atoms with E-state index in [9.17, 15) is 8.42 Å². The lowest BCUT2D eigenvalue weighted by Crippen LogP contribution is -2.22. The van der Waals surface area contributed by atoms with Crippen molar-refractivity contribution < 1.29 is 8.42 Å². The van der Waals surface area contributed by atoms with Crippen LogP contribution in [-0.4, -0.2) is 15.0 Å². The Bertz CT molecular complexity index is 765. The van der Waals surface area contributed by atoms with E-state index < -0.39 is 10.0 Å². The summed E-state index contributed by atoms with van der Waals surface area (Å²) in [6.07, 6.45) is 3.26. The third-order valence-corrected chi connectivity index (χ3v) is 4.76. The lowest BCUT2D eigenvalue weighted by Gasteiger charge is -2.07. The van der Waals surface area contributed by atoms with Crippen LogP contribution in [0.25, 0.3) is 6.08 Å². The van der Waals surface area contributed by atoms with Gasteiger partial charge in [-0.2, -0.15) is 0 Å². The molecule has 2 rings (SSSR count). The molecule has 122 valence electrons. The fourth-order valence-corrected chi connectivity index (χ4v) is 3.26. The first kappa shape index (κ1) is 17.4. The van der Waals surface area contributed by atoms with Crippen LogP contribution in [0.2, 0.25) is 0 Å². The number of benzene rings is 2. The van der Waals surface area contributed by atoms with E-state index in [1.165, 1.54) is 22.1 Å². The van der Waals surface area contributed by atoms with Gasteiger partial charge in [0.1, 0.15) is 0 Å². The molecule has 0 aromatic heterocycles. The number of hydrogen-bond donors (Lipinski definition) is 1. The molecule has 0 aliphatic carbocycles. The zero-order chi connectivity index (χ0) is 16.7. The molecule has 0 unspecified atom stereocenters. The fraction of sp³-hybridized carbons (Fsp3) is 0.263.